The van der Waals surface area contributed by atoms with E-state index in [1.165, 1.54) is 0 Å². The predicted molar refractivity (Wildman–Crippen MR) is 118 cm³/mol. The summed E-state index contributed by atoms with van der Waals surface area (Å²) in [6.45, 7) is 1.94. The van der Waals surface area contributed by atoms with Gasteiger partial charge in [-0.25, -0.2) is 0 Å². The molecule has 4 aromatic rings. The van der Waals surface area contributed by atoms with Crippen molar-refractivity contribution < 1.29 is 14.1 Å². The van der Waals surface area contributed by atoms with E-state index in [9.17, 15) is 9.59 Å². The summed E-state index contributed by atoms with van der Waals surface area (Å²) in [4.78, 5) is 29.2. The van der Waals surface area contributed by atoms with E-state index >= 15 is 0 Å². The highest BCUT2D eigenvalue weighted by Crippen LogP contribution is 2.21. The third kappa shape index (κ3) is 4.84. The van der Waals surface area contributed by atoms with E-state index in [1.54, 1.807) is 60.7 Å². The van der Waals surface area contributed by atoms with E-state index in [0.29, 0.717) is 40.6 Å². The lowest BCUT2D eigenvalue weighted by Gasteiger charge is -2.08. The normalized spacial score (nSPS) is 10.5. The van der Waals surface area contributed by atoms with Gasteiger partial charge in [-0.1, -0.05) is 42.4 Å². The molecule has 1 aromatic heterocycles. The summed E-state index contributed by atoms with van der Waals surface area (Å²) in [7, 11) is 0. The SMILES string of the molecule is CCc1nc(-c2cccc(NC(=O)c3ccc(NC(=O)c4ccccc4)cc3)c2)no1. The maximum absolute atomic E-state index is 12.6. The first-order chi connectivity index (χ1) is 15.1. The van der Waals surface area contributed by atoms with Crippen LogP contribution < -0.4 is 10.6 Å². The quantitative estimate of drug-likeness (QED) is 0.474. The minimum absolute atomic E-state index is 0.206. The van der Waals surface area contributed by atoms with Crippen molar-refractivity contribution in [3.05, 3.63) is 95.9 Å². The number of hydrogen-bond donors (Lipinski definition) is 2. The van der Waals surface area contributed by atoms with Gasteiger partial charge in [-0.05, 0) is 48.5 Å². The number of aromatic nitrogens is 2. The number of hydrogen-bond acceptors (Lipinski definition) is 5. The minimum Gasteiger partial charge on any atom is -0.339 e. The van der Waals surface area contributed by atoms with Crippen LogP contribution in [0.5, 0.6) is 0 Å². The van der Waals surface area contributed by atoms with Crippen LogP contribution in [-0.2, 0) is 6.42 Å². The molecule has 1 heterocycles. The number of aryl methyl sites for hydroxylation is 1. The molecule has 0 atom stereocenters. The van der Waals surface area contributed by atoms with Gasteiger partial charge in [-0.15, -0.1) is 0 Å². The summed E-state index contributed by atoms with van der Waals surface area (Å²) >= 11 is 0. The molecule has 2 amide bonds. The van der Waals surface area contributed by atoms with Crippen LogP contribution in [0.15, 0.2) is 83.4 Å². The molecular weight excluding hydrogens is 392 g/mol. The first-order valence-corrected chi connectivity index (χ1v) is 9.83. The molecule has 0 aliphatic carbocycles. The standard InChI is InChI=1S/C24H20N4O3/c1-2-21-27-22(28-31-21)18-9-6-10-20(15-18)26-24(30)17-11-13-19(14-12-17)25-23(29)16-7-4-3-5-8-16/h3-15H,2H2,1H3,(H,25,29)(H,26,30). The zero-order chi connectivity index (χ0) is 21.6. The van der Waals surface area contributed by atoms with Crippen LogP contribution in [0.25, 0.3) is 11.4 Å². The number of rotatable bonds is 6. The van der Waals surface area contributed by atoms with E-state index in [0.717, 1.165) is 5.56 Å². The lowest BCUT2D eigenvalue weighted by Crippen LogP contribution is -2.13. The zero-order valence-corrected chi connectivity index (χ0v) is 16.8. The summed E-state index contributed by atoms with van der Waals surface area (Å²) in [5, 5.41) is 9.63. The van der Waals surface area contributed by atoms with Crippen LogP contribution in [0, 0.1) is 0 Å². The molecule has 2 N–H and O–H groups in total. The predicted octanol–water partition coefficient (Wildman–Crippen LogP) is 4.80. The molecule has 0 aliphatic heterocycles. The fraction of sp³-hybridized carbons (Fsp3) is 0.0833. The molecule has 0 unspecified atom stereocenters. The number of carbonyl (C=O) groups is 2. The topological polar surface area (TPSA) is 97.1 Å². The molecule has 0 saturated heterocycles. The van der Waals surface area contributed by atoms with Crippen molar-refractivity contribution in [2.24, 2.45) is 0 Å². The second kappa shape index (κ2) is 9.04. The average molecular weight is 412 g/mol. The van der Waals surface area contributed by atoms with E-state index in [-0.39, 0.29) is 11.8 Å². The third-order valence-electron chi connectivity index (χ3n) is 4.59. The van der Waals surface area contributed by atoms with Gasteiger partial charge < -0.3 is 15.2 Å². The van der Waals surface area contributed by atoms with Crippen LogP contribution in [0.2, 0.25) is 0 Å². The van der Waals surface area contributed by atoms with Crippen LogP contribution in [-0.4, -0.2) is 22.0 Å². The summed E-state index contributed by atoms with van der Waals surface area (Å²) < 4.78 is 5.15. The molecule has 3 aromatic carbocycles. The van der Waals surface area contributed by atoms with Crippen molar-refractivity contribution in [2.45, 2.75) is 13.3 Å². The van der Waals surface area contributed by atoms with Crippen molar-refractivity contribution in [1.29, 1.82) is 0 Å². The summed E-state index contributed by atoms with van der Waals surface area (Å²) in [5.41, 5.74) is 3.01. The van der Waals surface area contributed by atoms with Crippen LogP contribution in [0.4, 0.5) is 11.4 Å². The first kappa shape index (κ1) is 20.0. The lowest BCUT2D eigenvalue weighted by molar-refractivity contribution is 0.102. The number of carbonyl (C=O) groups excluding carboxylic acids is 2. The Morgan fingerprint density at radius 3 is 2.16 bits per heavy atom. The molecule has 7 nitrogen and oxygen atoms in total. The molecule has 4 rings (SSSR count). The molecule has 0 spiro atoms. The number of nitrogens with one attached hydrogen (secondary N) is 2. The van der Waals surface area contributed by atoms with E-state index in [1.807, 2.05) is 25.1 Å². The number of nitrogens with zero attached hydrogens (tertiary/aromatic N) is 2. The third-order valence-corrected chi connectivity index (χ3v) is 4.59. The van der Waals surface area contributed by atoms with Gasteiger partial charge in [0.05, 0.1) is 0 Å². The maximum atomic E-state index is 12.6. The molecular formula is C24H20N4O3. The van der Waals surface area contributed by atoms with Crippen molar-refractivity contribution in [3.8, 4) is 11.4 Å². The van der Waals surface area contributed by atoms with Gasteiger partial charge in [-0.2, -0.15) is 4.98 Å². The Morgan fingerprint density at radius 2 is 1.48 bits per heavy atom. The molecule has 7 heteroatoms. The van der Waals surface area contributed by atoms with Gasteiger partial charge in [0.25, 0.3) is 11.8 Å². The Labute approximate surface area is 179 Å². The fourth-order valence-electron chi connectivity index (χ4n) is 2.95. The maximum Gasteiger partial charge on any atom is 0.255 e. The van der Waals surface area contributed by atoms with Gasteiger partial charge in [0.15, 0.2) is 0 Å². The highest BCUT2D eigenvalue weighted by molar-refractivity contribution is 6.06. The number of anilines is 2. The zero-order valence-electron chi connectivity index (χ0n) is 16.8. The number of benzene rings is 3. The Bertz CT molecular complexity index is 1200. The van der Waals surface area contributed by atoms with Gasteiger partial charge >= 0.3 is 0 Å². The Hall–Kier alpha value is -4.26. The largest absolute Gasteiger partial charge is 0.339 e. The highest BCUT2D eigenvalue weighted by Gasteiger charge is 2.11. The average Bonchev–Trinajstić information content (AvgIpc) is 3.30. The van der Waals surface area contributed by atoms with Crippen LogP contribution in [0.1, 0.15) is 33.5 Å². The molecule has 0 aliphatic rings. The van der Waals surface area contributed by atoms with Crippen molar-refractivity contribution >= 4 is 23.2 Å². The Balaban J connectivity index is 1.42. The first-order valence-electron chi connectivity index (χ1n) is 9.83. The summed E-state index contributed by atoms with van der Waals surface area (Å²) in [6, 6.07) is 22.9. The lowest BCUT2D eigenvalue weighted by atomic mass is 10.1. The second-order valence-corrected chi connectivity index (χ2v) is 6.80. The molecule has 31 heavy (non-hydrogen) atoms. The summed E-state index contributed by atoms with van der Waals surface area (Å²) in [5.74, 6) is 0.568. The molecule has 0 radical (unpaired) electrons. The monoisotopic (exact) mass is 412 g/mol. The molecule has 0 saturated carbocycles. The molecule has 0 fully saturated rings. The van der Waals surface area contributed by atoms with E-state index < -0.39 is 0 Å². The van der Waals surface area contributed by atoms with Gasteiger partial charge in [0.1, 0.15) is 0 Å². The van der Waals surface area contributed by atoms with Crippen molar-refractivity contribution in [1.82, 2.24) is 10.1 Å². The van der Waals surface area contributed by atoms with Gasteiger partial charge in [0, 0.05) is 34.5 Å². The Morgan fingerprint density at radius 1 is 0.806 bits per heavy atom. The van der Waals surface area contributed by atoms with Crippen molar-refractivity contribution in [3.63, 3.8) is 0 Å². The molecule has 0 bridgehead atoms. The summed E-state index contributed by atoms with van der Waals surface area (Å²) in [6.07, 6.45) is 0.658. The fourth-order valence-corrected chi connectivity index (χ4v) is 2.95. The minimum atomic E-state index is -0.263. The Kier molecular flexibility index (Phi) is 5.84. The molecule has 154 valence electrons. The smallest absolute Gasteiger partial charge is 0.255 e. The van der Waals surface area contributed by atoms with Gasteiger partial charge in [0.2, 0.25) is 11.7 Å². The van der Waals surface area contributed by atoms with E-state index in [4.69, 9.17) is 4.52 Å². The van der Waals surface area contributed by atoms with Crippen molar-refractivity contribution in [2.75, 3.05) is 10.6 Å². The van der Waals surface area contributed by atoms with E-state index in [2.05, 4.69) is 20.8 Å². The van der Waals surface area contributed by atoms with Crippen LogP contribution >= 0.6 is 0 Å². The van der Waals surface area contributed by atoms with Crippen LogP contribution in [0.3, 0.4) is 0 Å². The second-order valence-electron chi connectivity index (χ2n) is 6.80. The number of amides is 2. The highest BCUT2D eigenvalue weighted by atomic mass is 16.5. The van der Waals surface area contributed by atoms with Gasteiger partial charge in [-0.3, -0.25) is 9.59 Å².